The zero-order valence-corrected chi connectivity index (χ0v) is 28.5. The molecule has 1 amide bonds. The summed E-state index contributed by atoms with van der Waals surface area (Å²) in [5, 5.41) is 6.55. The minimum atomic E-state index is -2.57. The van der Waals surface area contributed by atoms with E-state index in [9.17, 15) is 13.6 Å². The average molecular weight is 616 g/mol. The normalized spacial score (nSPS) is 18.0. The molecular formula is C35H55F2N5O2. The highest BCUT2D eigenvalue weighted by atomic mass is 19.3. The first-order valence-corrected chi connectivity index (χ1v) is 15.4. The second-order valence-electron chi connectivity index (χ2n) is 11.0. The first-order chi connectivity index (χ1) is 20.9. The summed E-state index contributed by atoms with van der Waals surface area (Å²) in [4.78, 5) is 16.9. The van der Waals surface area contributed by atoms with Gasteiger partial charge in [-0.15, -0.1) is 0 Å². The molecule has 246 valence electrons. The lowest BCUT2D eigenvalue weighted by atomic mass is 10.0. The van der Waals surface area contributed by atoms with Crippen molar-refractivity contribution in [2.75, 3.05) is 61.5 Å². The van der Waals surface area contributed by atoms with Gasteiger partial charge in [-0.05, 0) is 64.1 Å². The second kappa shape index (κ2) is 19.8. The summed E-state index contributed by atoms with van der Waals surface area (Å²) in [5.74, 6) is -2.53. The maximum absolute atomic E-state index is 13.8. The van der Waals surface area contributed by atoms with Crippen molar-refractivity contribution in [1.82, 2.24) is 25.3 Å². The van der Waals surface area contributed by atoms with Gasteiger partial charge in [-0.3, -0.25) is 9.69 Å². The Labute approximate surface area is 265 Å². The van der Waals surface area contributed by atoms with Crippen molar-refractivity contribution in [1.29, 1.82) is 0 Å². The Bertz CT molecular complexity index is 1170. The summed E-state index contributed by atoms with van der Waals surface area (Å²) in [7, 11) is 9.10. The molecule has 0 radical (unpaired) electrons. The summed E-state index contributed by atoms with van der Waals surface area (Å²) in [6.07, 6.45) is 10.7. The van der Waals surface area contributed by atoms with Gasteiger partial charge in [-0.25, -0.2) is 8.78 Å². The number of piperidine rings is 1. The van der Waals surface area contributed by atoms with Crippen LogP contribution in [0, 0.1) is 0 Å². The van der Waals surface area contributed by atoms with Crippen LogP contribution in [0.2, 0.25) is 0 Å². The maximum Gasteiger partial charge on any atom is 0.260 e. The van der Waals surface area contributed by atoms with Gasteiger partial charge in [-0.1, -0.05) is 43.7 Å². The van der Waals surface area contributed by atoms with Crippen molar-refractivity contribution < 1.29 is 18.3 Å². The molecular weight excluding hydrogens is 560 g/mol. The molecule has 2 heterocycles. The van der Waals surface area contributed by atoms with Gasteiger partial charge in [0.05, 0.1) is 12.6 Å². The highest BCUT2D eigenvalue weighted by molar-refractivity contribution is 5.93. The molecule has 0 aromatic heterocycles. The van der Waals surface area contributed by atoms with E-state index < -0.39 is 5.92 Å². The topological polar surface area (TPSA) is 60.1 Å². The van der Waals surface area contributed by atoms with Crippen molar-refractivity contribution in [3.63, 3.8) is 0 Å². The fourth-order valence-corrected chi connectivity index (χ4v) is 4.62. The van der Waals surface area contributed by atoms with Crippen LogP contribution in [0.5, 0.6) is 0 Å². The van der Waals surface area contributed by atoms with Crippen LogP contribution in [-0.2, 0) is 4.74 Å². The van der Waals surface area contributed by atoms with Crippen LogP contribution in [-0.4, -0.2) is 94.1 Å². The van der Waals surface area contributed by atoms with E-state index >= 15 is 0 Å². The number of hydrogen-bond acceptors (Lipinski definition) is 6. The Balaban J connectivity index is 0.000000620. The number of amides is 1. The monoisotopic (exact) mass is 615 g/mol. The molecule has 2 aliphatic rings. The fourth-order valence-electron chi connectivity index (χ4n) is 4.62. The van der Waals surface area contributed by atoms with Crippen LogP contribution in [0.3, 0.4) is 0 Å². The van der Waals surface area contributed by atoms with Crippen LogP contribution in [0.15, 0.2) is 89.1 Å². The molecule has 0 spiro atoms. The molecule has 44 heavy (non-hydrogen) atoms. The van der Waals surface area contributed by atoms with Gasteiger partial charge in [0.1, 0.15) is 0 Å². The number of nitrogens with one attached hydrogen (secondary N) is 2. The van der Waals surface area contributed by atoms with Crippen LogP contribution >= 0.6 is 0 Å². The van der Waals surface area contributed by atoms with E-state index in [1.54, 1.807) is 26.1 Å². The summed E-state index contributed by atoms with van der Waals surface area (Å²) in [6.45, 7) is 12.0. The Morgan fingerprint density at radius 1 is 1.20 bits per heavy atom. The lowest BCUT2D eigenvalue weighted by Gasteiger charge is -2.33. The molecule has 1 atom stereocenters. The summed E-state index contributed by atoms with van der Waals surface area (Å²) < 4.78 is 32.8. The number of nitrogens with zero attached hydrogens (tertiary/aromatic N) is 3. The smallest absolute Gasteiger partial charge is 0.260 e. The molecule has 1 aromatic carbocycles. The lowest BCUT2D eigenvalue weighted by Crippen LogP contribution is -2.43. The number of likely N-dealkylation sites (tertiary alicyclic amines) is 1. The molecule has 1 aromatic rings. The van der Waals surface area contributed by atoms with Crippen LogP contribution in [0.25, 0.3) is 0 Å². The van der Waals surface area contributed by atoms with Gasteiger partial charge in [0, 0.05) is 89.2 Å². The van der Waals surface area contributed by atoms with Crippen LogP contribution in [0.4, 0.5) is 8.78 Å². The zero-order chi connectivity index (χ0) is 33.3. The van der Waals surface area contributed by atoms with Gasteiger partial charge in [0.15, 0.2) is 0 Å². The van der Waals surface area contributed by atoms with E-state index in [1.807, 2.05) is 88.3 Å². The molecule has 2 aliphatic heterocycles. The van der Waals surface area contributed by atoms with Crippen molar-refractivity contribution in [3.8, 4) is 0 Å². The standard InChI is InChI=1S/C24H38F2N4O.C9H11NO.C2H6/c1-18(16-30-12-7-10-24(25,26)17-30)14-22-20(3)29(5)13-9-23(22)28-11-8-21(27-4)15-19(2)31-6;1-10(2)9(11)8-6-4-3-5-7-8;1-2/h8-9,11,14-15,19,27-28H,7,10,12-13,16-17H2,1-6H3;3-7H,1-2H3;1-2H3/b11-8-,18-14+,21-15+;;. The number of carbonyl (C=O) groups excluding carboxylic acids is 1. The third-order valence-electron chi connectivity index (χ3n) is 7.16. The van der Waals surface area contributed by atoms with E-state index in [-0.39, 0.29) is 25.0 Å². The van der Waals surface area contributed by atoms with E-state index in [0.717, 1.165) is 46.9 Å². The van der Waals surface area contributed by atoms with Crippen LogP contribution < -0.4 is 10.6 Å². The molecule has 0 aliphatic carbocycles. The number of alkyl halides is 2. The third-order valence-corrected chi connectivity index (χ3v) is 7.16. The number of halogens is 2. The number of ether oxygens (including phenoxy) is 1. The van der Waals surface area contributed by atoms with E-state index in [2.05, 4.69) is 41.7 Å². The average Bonchev–Trinajstić information content (AvgIpc) is 3.00. The van der Waals surface area contributed by atoms with E-state index in [0.29, 0.717) is 13.0 Å². The number of benzene rings is 1. The predicted octanol–water partition coefficient (Wildman–Crippen LogP) is 6.42. The van der Waals surface area contributed by atoms with Crippen LogP contribution in [0.1, 0.15) is 57.8 Å². The number of likely N-dealkylation sites (N-methyl/N-ethyl adjacent to an activating group) is 2. The summed E-state index contributed by atoms with van der Waals surface area (Å²) in [5.41, 5.74) is 6.01. The molecule has 7 nitrogen and oxygen atoms in total. The Morgan fingerprint density at radius 2 is 1.86 bits per heavy atom. The minimum absolute atomic E-state index is 0.00330. The van der Waals surface area contributed by atoms with Gasteiger partial charge < -0.3 is 25.2 Å². The Hall–Kier alpha value is -3.43. The molecule has 1 fully saturated rings. The van der Waals surface area contributed by atoms with Crippen molar-refractivity contribution in [2.45, 2.75) is 59.5 Å². The summed E-state index contributed by atoms with van der Waals surface area (Å²) in [6, 6.07) is 9.23. The van der Waals surface area contributed by atoms with Gasteiger partial charge >= 0.3 is 0 Å². The fraction of sp³-hybridized carbons (Fsp3) is 0.514. The maximum atomic E-state index is 13.8. The number of hydrogen-bond donors (Lipinski definition) is 2. The van der Waals surface area contributed by atoms with Crippen molar-refractivity contribution in [2.24, 2.45) is 0 Å². The highest BCUT2D eigenvalue weighted by Gasteiger charge is 2.34. The molecule has 1 saturated heterocycles. The molecule has 0 saturated carbocycles. The molecule has 3 rings (SSSR count). The number of allylic oxidation sites excluding steroid dienone is 3. The number of carbonyl (C=O) groups is 1. The third kappa shape index (κ3) is 13.5. The van der Waals surface area contributed by atoms with Gasteiger partial charge in [-0.2, -0.15) is 0 Å². The SMILES string of the molecule is CC.CN(C)C(=O)c1ccccc1.CNC(/C=C\NC1=CCN(C)C(C)=C1/C=C(\C)CN1CCCC(F)(F)C1)=C/C(C)OC. The molecule has 9 heteroatoms. The van der Waals surface area contributed by atoms with Crippen molar-refractivity contribution >= 4 is 5.91 Å². The predicted molar refractivity (Wildman–Crippen MR) is 179 cm³/mol. The van der Waals surface area contributed by atoms with E-state index in [4.69, 9.17) is 4.74 Å². The summed E-state index contributed by atoms with van der Waals surface area (Å²) >= 11 is 0. The first kappa shape index (κ1) is 38.6. The molecule has 2 N–H and O–H groups in total. The highest BCUT2D eigenvalue weighted by Crippen LogP contribution is 2.28. The zero-order valence-electron chi connectivity index (χ0n) is 28.5. The largest absolute Gasteiger partial charge is 0.388 e. The Morgan fingerprint density at radius 3 is 2.43 bits per heavy atom. The first-order valence-electron chi connectivity index (χ1n) is 15.4. The number of methoxy groups -OCH3 is 1. The van der Waals surface area contributed by atoms with Crippen molar-refractivity contribution in [3.05, 3.63) is 94.6 Å². The van der Waals surface area contributed by atoms with E-state index in [1.165, 1.54) is 0 Å². The minimum Gasteiger partial charge on any atom is -0.388 e. The lowest BCUT2D eigenvalue weighted by molar-refractivity contribution is -0.0615. The number of rotatable bonds is 10. The van der Waals surface area contributed by atoms with Gasteiger partial charge in [0.25, 0.3) is 11.8 Å². The molecule has 0 bridgehead atoms. The van der Waals surface area contributed by atoms with Gasteiger partial charge in [0.2, 0.25) is 0 Å². The second-order valence-corrected chi connectivity index (χ2v) is 11.0. The quantitative estimate of drug-likeness (QED) is 0.296. The molecule has 1 unspecified atom stereocenters. The Kier molecular flexibility index (Phi) is 17.3.